The molecule has 1 unspecified atom stereocenters. The molecule has 1 aliphatic rings. The minimum Gasteiger partial charge on any atom is -0.368 e. The summed E-state index contributed by atoms with van der Waals surface area (Å²) < 4.78 is 0. The first-order valence-corrected chi connectivity index (χ1v) is 9.53. The summed E-state index contributed by atoms with van der Waals surface area (Å²) in [6.45, 7) is 2.31. The Hall–Kier alpha value is -3.22. The van der Waals surface area contributed by atoms with Crippen molar-refractivity contribution in [1.82, 2.24) is 15.0 Å². The summed E-state index contributed by atoms with van der Waals surface area (Å²) in [7, 11) is 0. The number of ketones is 1. The van der Waals surface area contributed by atoms with Crippen LogP contribution in [-0.2, 0) is 16.0 Å². The molecule has 1 saturated heterocycles. The maximum absolute atomic E-state index is 12.0. The molecule has 0 bridgehead atoms. The van der Waals surface area contributed by atoms with Crippen LogP contribution in [0.3, 0.4) is 0 Å². The number of fused-ring (bicyclic) bond motifs is 1. The van der Waals surface area contributed by atoms with Gasteiger partial charge in [0.1, 0.15) is 23.3 Å². The zero-order valence-electron chi connectivity index (χ0n) is 15.8. The number of nitrogens with one attached hydrogen (secondary N) is 1. The van der Waals surface area contributed by atoms with Crippen molar-refractivity contribution < 1.29 is 9.59 Å². The summed E-state index contributed by atoms with van der Waals surface area (Å²) in [5.74, 6) is 1.12. The minimum atomic E-state index is -0.364. The van der Waals surface area contributed by atoms with E-state index in [1.165, 1.54) is 0 Å². The Morgan fingerprint density at radius 3 is 2.75 bits per heavy atom. The minimum absolute atomic E-state index is 0.142. The highest BCUT2D eigenvalue weighted by atomic mass is 16.1. The van der Waals surface area contributed by atoms with E-state index in [0.29, 0.717) is 24.3 Å². The number of carbonyl (C=O) groups is 2. The van der Waals surface area contributed by atoms with E-state index in [1.807, 2.05) is 41.3 Å². The molecular formula is C21H23N5O2. The van der Waals surface area contributed by atoms with Crippen LogP contribution in [0, 0.1) is 0 Å². The number of aromatic nitrogens is 3. The molecule has 3 heterocycles. The number of rotatable bonds is 6. The van der Waals surface area contributed by atoms with Gasteiger partial charge < -0.3 is 20.4 Å². The molecule has 144 valence electrons. The lowest BCUT2D eigenvalue weighted by molar-refractivity contribution is -0.119. The van der Waals surface area contributed by atoms with Crippen LogP contribution in [0.5, 0.6) is 0 Å². The largest absolute Gasteiger partial charge is 0.368 e. The van der Waals surface area contributed by atoms with Crippen molar-refractivity contribution in [3.05, 3.63) is 42.1 Å². The molecular weight excluding hydrogens is 354 g/mol. The molecule has 2 aromatic heterocycles. The van der Waals surface area contributed by atoms with Crippen molar-refractivity contribution in [1.29, 1.82) is 0 Å². The molecule has 1 amide bonds. The Morgan fingerprint density at radius 2 is 2.04 bits per heavy atom. The number of carbonyl (C=O) groups excluding carboxylic acids is 2. The van der Waals surface area contributed by atoms with Gasteiger partial charge in [0, 0.05) is 24.2 Å². The summed E-state index contributed by atoms with van der Waals surface area (Å²) in [6, 6.07) is 11.4. The van der Waals surface area contributed by atoms with Gasteiger partial charge in [-0.1, -0.05) is 30.3 Å². The Bertz CT molecular complexity index is 1030. The van der Waals surface area contributed by atoms with Gasteiger partial charge in [-0.25, -0.2) is 9.97 Å². The van der Waals surface area contributed by atoms with Gasteiger partial charge in [-0.3, -0.25) is 4.79 Å². The highest BCUT2D eigenvalue weighted by Gasteiger charge is 2.32. The zero-order valence-corrected chi connectivity index (χ0v) is 15.8. The van der Waals surface area contributed by atoms with E-state index in [4.69, 9.17) is 15.7 Å². The monoisotopic (exact) mass is 377 g/mol. The fourth-order valence-electron chi connectivity index (χ4n) is 3.74. The van der Waals surface area contributed by atoms with Gasteiger partial charge in [0.2, 0.25) is 5.91 Å². The standard InChI is InChI=1S/C21H23N5O2/c1-13(27)9-10-15-12-16-20(23-15)24-19(14-6-3-2-4-7-14)25-21(16)26-11-5-8-17(26)18(22)28/h2-4,6-7,12,17H,5,8-11H2,1H3,(H2,22,28)(H,23,24,25). The van der Waals surface area contributed by atoms with Crippen molar-refractivity contribution in [2.24, 2.45) is 5.73 Å². The molecule has 0 radical (unpaired) electrons. The third-order valence-corrected chi connectivity index (χ3v) is 5.15. The van der Waals surface area contributed by atoms with E-state index < -0.39 is 0 Å². The van der Waals surface area contributed by atoms with Crippen molar-refractivity contribution in [2.75, 3.05) is 11.4 Å². The van der Waals surface area contributed by atoms with Gasteiger partial charge in [0.15, 0.2) is 5.82 Å². The van der Waals surface area contributed by atoms with Crippen LogP contribution >= 0.6 is 0 Å². The molecule has 1 aliphatic heterocycles. The normalized spacial score (nSPS) is 16.6. The summed E-state index contributed by atoms with van der Waals surface area (Å²) in [5.41, 5.74) is 8.18. The second kappa shape index (κ2) is 7.42. The van der Waals surface area contributed by atoms with Crippen LogP contribution in [0.25, 0.3) is 22.4 Å². The summed E-state index contributed by atoms with van der Waals surface area (Å²) in [5, 5.41) is 0.853. The van der Waals surface area contributed by atoms with Gasteiger partial charge in [-0.05, 0) is 32.3 Å². The molecule has 3 aromatic rings. The number of nitrogens with two attached hydrogens (primary N) is 1. The smallest absolute Gasteiger partial charge is 0.240 e. The average Bonchev–Trinajstić information content (AvgIpc) is 3.33. The molecule has 4 rings (SSSR count). The highest BCUT2D eigenvalue weighted by molar-refractivity contribution is 5.93. The molecule has 7 nitrogen and oxygen atoms in total. The number of hydrogen-bond acceptors (Lipinski definition) is 5. The number of H-pyrrole nitrogens is 1. The van der Waals surface area contributed by atoms with E-state index >= 15 is 0 Å². The first-order chi connectivity index (χ1) is 13.5. The Labute approximate surface area is 163 Å². The fraction of sp³-hybridized carbons (Fsp3) is 0.333. The number of anilines is 1. The Morgan fingerprint density at radius 1 is 1.25 bits per heavy atom. The van der Waals surface area contributed by atoms with E-state index in [0.717, 1.165) is 41.8 Å². The molecule has 0 saturated carbocycles. The first kappa shape index (κ1) is 18.2. The van der Waals surface area contributed by atoms with Gasteiger partial charge in [0.05, 0.1) is 5.39 Å². The number of benzene rings is 1. The molecule has 1 atom stereocenters. The van der Waals surface area contributed by atoms with Crippen LogP contribution in [-0.4, -0.2) is 39.2 Å². The van der Waals surface area contributed by atoms with Crippen molar-refractivity contribution in [3.8, 4) is 11.4 Å². The number of primary amides is 1. The lowest BCUT2D eigenvalue weighted by atomic mass is 10.1. The maximum Gasteiger partial charge on any atom is 0.240 e. The second-order valence-electron chi connectivity index (χ2n) is 7.25. The van der Waals surface area contributed by atoms with Gasteiger partial charge >= 0.3 is 0 Å². The highest BCUT2D eigenvalue weighted by Crippen LogP contribution is 2.33. The number of amides is 1. The predicted molar refractivity (Wildman–Crippen MR) is 108 cm³/mol. The first-order valence-electron chi connectivity index (χ1n) is 9.53. The van der Waals surface area contributed by atoms with E-state index in [1.54, 1.807) is 6.92 Å². The number of hydrogen-bond donors (Lipinski definition) is 2. The van der Waals surface area contributed by atoms with E-state index in [-0.39, 0.29) is 17.7 Å². The molecule has 28 heavy (non-hydrogen) atoms. The van der Waals surface area contributed by atoms with Gasteiger partial charge in [0.25, 0.3) is 0 Å². The summed E-state index contributed by atoms with van der Waals surface area (Å²) >= 11 is 0. The third-order valence-electron chi connectivity index (χ3n) is 5.15. The second-order valence-corrected chi connectivity index (χ2v) is 7.25. The van der Waals surface area contributed by atoms with Crippen LogP contribution in [0.4, 0.5) is 5.82 Å². The molecule has 7 heteroatoms. The number of aromatic amines is 1. The van der Waals surface area contributed by atoms with E-state index in [2.05, 4.69) is 4.98 Å². The SMILES string of the molecule is CC(=O)CCc1cc2c(N3CCCC3C(N)=O)nc(-c3ccccc3)nc2[nH]1. The Balaban J connectivity index is 1.84. The number of Topliss-reactive ketones (excluding diaryl/α,β-unsaturated/α-hetero) is 1. The topological polar surface area (TPSA) is 105 Å². The molecule has 3 N–H and O–H groups in total. The van der Waals surface area contributed by atoms with Crippen LogP contribution in [0.15, 0.2) is 36.4 Å². The summed E-state index contributed by atoms with van der Waals surface area (Å²) in [4.78, 5) is 38.1. The summed E-state index contributed by atoms with van der Waals surface area (Å²) in [6.07, 6.45) is 2.70. The predicted octanol–water partition coefficient (Wildman–Crippen LogP) is 2.60. The lowest BCUT2D eigenvalue weighted by Gasteiger charge is -2.24. The molecule has 1 fully saturated rings. The maximum atomic E-state index is 12.0. The van der Waals surface area contributed by atoms with Crippen molar-refractivity contribution >= 4 is 28.5 Å². The third kappa shape index (κ3) is 3.47. The van der Waals surface area contributed by atoms with Crippen LogP contribution < -0.4 is 10.6 Å². The quantitative estimate of drug-likeness (QED) is 0.687. The zero-order chi connectivity index (χ0) is 19.7. The van der Waals surface area contributed by atoms with Crippen molar-refractivity contribution in [2.45, 2.75) is 38.6 Å². The van der Waals surface area contributed by atoms with Gasteiger partial charge in [-0.2, -0.15) is 0 Å². The van der Waals surface area contributed by atoms with E-state index in [9.17, 15) is 9.59 Å². The number of aryl methyl sites for hydroxylation is 1. The van der Waals surface area contributed by atoms with Crippen LogP contribution in [0.2, 0.25) is 0 Å². The average molecular weight is 377 g/mol. The molecule has 0 spiro atoms. The molecule has 1 aromatic carbocycles. The van der Waals surface area contributed by atoms with Crippen LogP contribution in [0.1, 0.15) is 31.9 Å². The Kier molecular flexibility index (Phi) is 4.81. The van der Waals surface area contributed by atoms with Crippen molar-refractivity contribution in [3.63, 3.8) is 0 Å². The fourth-order valence-corrected chi connectivity index (χ4v) is 3.74. The number of nitrogens with zero attached hydrogens (tertiary/aromatic N) is 3. The lowest BCUT2D eigenvalue weighted by Crippen LogP contribution is -2.40. The molecule has 0 aliphatic carbocycles. The van der Waals surface area contributed by atoms with Gasteiger partial charge in [-0.15, -0.1) is 0 Å².